The van der Waals surface area contributed by atoms with Crippen molar-refractivity contribution in [3.8, 4) is 0 Å². The van der Waals surface area contributed by atoms with Crippen molar-refractivity contribution in [2.45, 2.75) is 78.6 Å². The van der Waals surface area contributed by atoms with Gasteiger partial charge in [0.2, 0.25) is 0 Å². The molecule has 0 aliphatic heterocycles. The van der Waals surface area contributed by atoms with Crippen LogP contribution in [0.2, 0.25) is 0 Å². The van der Waals surface area contributed by atoms with Crippen molar-refractivity contribution in [2.75, 3.05) is 0 Å². The van der Waals surface area contributed by atoms with E-state index in [2.05, 4.69) is 106 Å². The van der Waals surface area contributed by atoms with Gasteiger partial charge in [-0.2, -0.15) is 0 Å². The summed E-state index contributed by atoms with van der Waals surface area (Å²) in [6.07, 6.45) is 0. The molecule has 0 aliphatic carbocycles. The van der Waals surface area contributed by atoms with Gasteiger partial charge in [0.05, 0.1) is 11.3 Å². The maximum absolute atomic E-state index is 6.14. The molecule has 0 N–H and O–H groups in total. The molecule has 2 aromatic heterocycles. The molecule has 0 aliphatic rings. The summed E-state index contributed by atoms with van der Waals surface area (Å²) in [6.45, 7) is 20.4. The molecule has 166 valence electrons. The zero-order valence-electron chi connectivity index (χ0n) is 20.1. The standard InChI is InChI=1S/C26H33BBr2O2/c1-24(2,3)16-14-17(25(4,5)6)23(18(15-16)26(7,8)9)27(19-10-12-21(28)30-19)20-11-13-22(29)31-20/h10-15H,1-9H3. The Morgan fingerprint density at radius 2 is 1.00 bits per heavy atom. The van der Waals surface area contributed by atoms with Crippen molar-refractivity contribution in [1.29, 1.82) is 0 Å². The Bertz CT molecular complexity index is 997. The zero-order chi connectivity index (χ0) is 23.4. The third-order valence-corrected chi connectivity index (χ3v) is 6.56. The van der Waals surface area contributed by atoms with Crippen LogP contribution in [-0.2, 0) is 16.2 Å². The highest BCUT2D eigenvalue weighted by molar-refractivity contribution is 9.10. The molecule has 0 bridgehead atoms. The van der Waals surface area contributed by atoms with E-state index in [1.165, 1.54) is 22.2 Å². The van der Waals surface area contributed by atoms with Gasteiger partial charge in [0.25, 0.3) is 0 Å². The normalized spacial score (nSPS) is 13.0. The summed E-state index contributed by atoms with van der Waals surface area (Å²) < 4.78 is 13.7. The summed E-state index contributed by atoms with van der Waals surface area (Å²) in [7, 11) is 0. The second-order valence-electron chi connectivity index (χ2n) is 11.5. The smallest absolute Gasteiger partial charge is 0.332 e. The lowest BCUT2D eigenvalue weighted by atomic mass is 9.38. The van der Waals surface area contributed by atoms with E-state index in [1.54, 1.807) is 0 Å². The van der Waals surface area contributed by atoms with Crippen molar-refractivity contribution in [2.24, 2.45) is 0 Å². The molecule has 0 atom stereocenters. The van der Waals surface area contributed by atoms with E-state index < -0.39 is 0 Å². The maximum atomic E-state index is 6.14. The van der Waals surface area contributed by atoms with Crippen molar-refractivity contribution in [3.63, 3.8) is 0 Å². The third kappa shape index (κ3) is 5.25. The first kappa shape index (κ1) is 24.4. The Balaban J connectivity index is 2.47. The van der Waals surface area contributed by atoms with Crippen LogP contribution >= 0.6 is 31.9 Å². The third-order valence-electron chi connectivity index (χ3n) is 5.71. The molecule has 0 unspecified atom stereocenters. The molecule has 0 fully saturated rings. The summed E-state index contributed by atoms with van der Waals surface area (Å²) in [5, 5.41) is 0. The lowest BCUT2D eigenvalue weighted by Gasteiger charge is -2.35. The van der Waals surface area contributed by atoms with Crippen molar-refractivity contribution in [3.05, 3.63) is 62.4 Å². The molecular formula is C26H33BBr2O2. The van der Waals surface area contributed by atoms with E-state index in [1.807, 2.05) is 24.3 Å². The lowest BCUT2D eigenvalue weighted by Crippen LogP contribution is -2.56. The van der Waals surface area contributed by atoms with Crippen LogP contribution in [0.3, 0.4) is 0 Å². The van der Waals surface area contributed by atoms with Crippen molar-refractivity contribution >= 4 is 55.4 Å². The van der Waals surface area contributed by atoms with E-state index in [0.717, 1.165) is 20.7 Å². The number of hydrogen-bond donors (Lipinski definition) is 0. The molecule has 1 aromatic carbocycles. The molecule has 0 saturated carbocycles. The first-order chi connectivity index (χ1) is 14.1. The zero-order valence-corrected chi connectivity index (χ0v) is 23.3. The van der Waals surface area contributed by atoms with E-state index in [9.17, 15) is 0 Å². The van der Waals surface area contributed by atoms with Crippen LogP contribution in [0.25, 0.3) is 0 Å². The molecule has 2 nitrogen and oxygen atoms in total. The van der Waals surface area contributed by atoms with Crippen molar-refractivity contribution < 1.29 is 8.83 Å². The Kier molecular flexibility index (Phi) is 6.54. The van der Waals surface area contributed by atoms with E-state index in [4.69, 9.17) is 8.83 Å². The molecular weight excluding hydrogens is 515 g/mol. The van der Waals surface area contributed by atoms with Gasteiger partial charge in [0, 0.05) is 0 Å². The minimum Gasteiger partial charge on any atom is -0.463 e. The topological polar surface area (TPSA) is 26.3 Å². The highest BCUT2D eigenvalue weighted by Gasteiger charge is 2.39. The molecule has 2 heterocycles. The number of furan rings is 2. The average Bonchev–Trinajstić information content (AvgIpc) is 3.21. The van der Waals surface area contributed by atoms with Gasteiger partial charge in [-0.3, -0.25) is 0 Å². The lowest BCUT2D eigenvalue weighted by molar-refractivity contribution is 0.550. The molecule has 5 heteroatoms. The summed E-state index contributed by atoms with van der Waals surface area (Å²) in [6, 6.07) is 12.8. The van der Waals surface area contributed by atoms with Gasteiger partial charge in [-0.05, 0) is 89.1 Å². The SMILES string of the molecule is CC(C)(C)c1cc(C(C)(C)C)c(B(c2ccc(Br)o2)c2ccc(Br)o2)c(C(C)(C)C)c1. The first-order valence-corrected chi connectivity index (χ1v) is 12.4. The predicted octanol–water partition coefficient (Wildman–Crippen LogP) is 6.81. The van der Waals surface area contributed by atoms with Crippen molar-refractivity contribution in [1.82, 2.24) is 0 Å². The largest absolute Gasteiger partial charge is 0.463 e. The van der Waals surface area contributed by atoms with Crippen LogP contribution in [0.1, 0.15) is 79.0 Å². The second kappa shape index (κ2) is 8.30. The van der Waals surface area contributed by atoms with Crippen LogP contribution in [0.4, 0.5) is 0 Å². The average molecular weight is 548 g/mol. The summed E-state index contributed by atoms with van der Waals surface area (Å²) >= 11 is 7.00. The van der Waals surface area contributed by atoms with Gasteiger partial charge < -0.3 is 8.83 Å². The molecule has 3 rings (SSSR count). The first-order valence-electron chi connectivity index (χ1n) is 10.8. The van der Waals surface area contributed by atoms with Crippen LogP contribution in [-0.4, -0.2) is 6.71 Å². The van der Waals surface area contributed by atoms with E-state index in [0.29, 0.717) is 0 Å². The highest BCUT2D eigenvalue weighted by atomic mass is 79.9. The minimum absolute atomic E-state index is 0.0510. The molecule has 3 aromatic rings. The van der Waals surface area contributed by atoms with Crippen LogP contribution < -0.4 is 16.8 Å². The molecule has 0 spiro atoms. The monoisotopic (exact) mass is 546 g/mol. The molecule has 0 amide bonds. The summed E-state index contributed by atoms with van der Waals surface area (Å²) in [5.41, 5.74) is 6.97. The number of rotatable bonds is 3. The van der Waals surface area contributed by atoms with Gasteiger partial charge >= 0.3 is 6.71 Å². The Morgan fingerprint density at radius 1 is 0.613 bits per heavy atom. The fraction of sp³-hybridized carbons (Fsp3) is 0.462. The maximum Gasteiger partial charge on any atom is 0.332 e. The summed E-state index contributed by atoms with van der Waals surface area (Å²) in [4.78, 5) is 0. The van der Waals surface area contributed by atoms with Crippen LogP contribution in [0, 0.1) is 0 Å². The van der Waals surface area contributed by atoms with Gasteiger partial charge in [-0.25, -0.2) is 0 Å². The van der Waals surface area contributed by atoms with Gasteiger partial charge in [0.1, 0.15) is 0 Å². The molecule has 0 saturated heterocycles. The molecule has 31 heavy (non-hydrogen) atoms. The predicted molar refractivity (Wildman–Crippen MR) is 140 cm³/mol. The Morgan fingerprint density at radius 3 is 1.26 bits per heavy atom. The van der Waals surface area contributed by atoms with Crippen LogP contribution in [0.15, 0.2) is 54.6 Å². The highest BCUT2D eigenvalue weighted by Crippen LogP contribution is 2.34. The quantitative estimate of drug-likeness (QED) is 0.337. The van der Waals surface area contributed by atoms with E-state index in [-0.39, 0.29) is 23.0 Å². The fourth-order valence-electron chi connectivity index (χ4n) is 4.03. The van der Waals surface area contributed by atoms with Gasteiger partial charge in [-0.1, -0.05) is 79.9 Å². The number of halogens is 2. The van der Waals surface area contributed by atoms with E-state index >= 15 is 0 Å². The van der Waals surface area contributed by atoms with Crippen LogP contribution in [0.5, 0.6) is 0 Å². The Hall–Kier alpha value is -1.20. The van der Waals surface area contributed by atoms with Gasteiger partial charge in [-0.15, -0.1) is 0 Å². The number of benzene rings is 1. The summed E-state index contributed by atoms with van der Waals surface area (Å²) in [5.74, 6) is 0. The minimum atomic E-state index is -0.143. The second-order valence-corrected chi connectivity index (χ2v) is 13.0. The number of hydrogen-bond acceptors (Lipinski definition) is 2. The Labute approximate surface area is 204 Å². The fourth-order valence-corrected chi connectivity index (χ4v) is 4.67. The molecule has 0 radical (unpaired) electrons. The van der Waals surface area contributed by atoms with Gasteiger partial charge in [0.15, 0.2) is 9.34 Å².